The van der Waals surface area contributed by atoms with Crippen LogP contribution in [0.1, 0.15) is 40.0 Å². The Kier molecular flexibility index (Phi) is 1.99. The lowest BCUT2D eigenvalue weighted by Gasteiger charge is -2.27. The first-order valence-electron chi connectivity index (χ1n) is 5.03. The summed E-state index contributed by atoms with van der Waals surface area (Å²) in [5, 5.41) is 0. The van der Waals surface area contributed by atoms with E-state index in [4.69, 9.17) is 4.74 Å². The minimum absolute atomic E-state index is 0.473. The highest BCUT2D eigenvalue weighted by Crippen LogP contribution is 2.38. The molecule has 1 fully saturated rings. The van der Waals surface area contributed by atoms with Crippen molar-refractivity contribution in [1.29, 1.82) is 0 Å². The zero-order valence-corrected chi connectivity index (χ0v) is 8.26. The maximum Gasteiger partial charge on any atom is 0.0789 e. The van der Waals surface area contributed by atoms with Gasteiger partial charge in [-0.05, 0) is 37.7 Å². The van der Waals surface area contributed by atoms with Crippen molar-refractivity contribution in [3.63, 3.8) is 0 Å². The molecule has 1 nitrogen and oxygen atoms in total. The molecule has 0 aliphatic carbocycles. The van der Waals surface area contributed by atoms with Gasteiger partial charge in [-0.2, -0.15) is 0 Å². The van der Waals surface area contributed by atoms with E-state index in [1.54, 1.807) is 5.57 Å². The first-order chi connectivity index (χ1) is 5.68. The van der Waals surface area contributed by atoms with Crippen molar-refractivity contribution in [3.05, 3.63) is 11.1 Å². The predicted molar refractivity (Wildman–Crippen MR) is 50.1 cm³/mol. The van der Waals surface area contributed by atoms with Gasteiger partial charge in [0, 0.05) is 0 Å². The lowest BCUT2D eigenvalue weighted by Crippen LogP contribution is -2.22. The second-order valence-corrected chi connectivity index (χ2v) is 4.39. The lowest BCUT2D eigenvalue weighted by molar-refractivity contribution is 0.0504. The van der Waals surface area contributed by atoms with Crippen LogP contribution in [0.4, 0.5) is 0 Å². The molecule has 0 amide bonds. The molecule has 0 aromatic carbocycles. The third-order valence-electron chi connectivity index (χ3n) is 3.24. The molecule has 0 saturated carbocycles. The third-order valence-corrected chi connectivity index (χ3v) is 3.24. The van der Waals surface area contributed by atoms with Gasteiger partial charge in [-0.15, -0.1) is 0 Å². The predicted octanol–water partition coefficient (Wildman–Crippen LogP) is 2.91. The van der Waals surface area contributed by atoms with Crippen LogP contribution in [0, 0.1) is 5.92 Å². The van der Waals surface area contributed by atoms with Crippen LogP contribution < -0.4 is 0 Å². The first-order valence-corrected chi connectivity index (χ1v) is 5.03. The van der Waals surface area contributed by atoms with Crippen molar-refractivity contribution < 1.29 is 4.74 Å². The molecule has 68 valence electrons. The number of rotatable bonds is 1. The summed E-state index contributed by atoms with van der Waals surface area (Å²) >= 11 is 0. The highest BCUT2D eigenvalue weighted by atomic mass is 16.5. The third kappa shape index (κ3) is 1.20. The minimum Gasteiger partial charge on any atom is -0.370 e. The van der Waals surface area contributed by atoms with Crippen LogP contribution in [0.25, 0.3) is 0 Å². The Labute approximate surface area is 74.8 Å². The van der Waals surface area contributed by atoms with Gasteiger partial charge in [0.15, 0.2) is 0 Å². The van der Waals surface area contributed by atoms with Crippen molar-refractivity contribution >= 4 is 0 Å². The largest absolute Gasteiger partial charge is 0.370 e. The van der Waals surface area contributed by atoms with Crippen molar-refractivity contribution in [1.82, 2.24) is 0 Å². The fraction of sp³-hybridized carbons (Fsp3) is 0.818. The molecule has 2 heterocycles. The van der Waals surface area contributed by atoms with Gasteiger partial charge in [-0.25, -0.2) is 0 Å². The van der Waals surface area contributed by atoms with Crippen molar-refractivity contribution in [2.45, 2.75) is 52.2 Å². The Morgan fingerprint density at radius 2 is 2.08 bits per heavy atom. The first kappa shape index (κ1) is 8.31. The summed E-state index contributed by atoms with van der Waals surface area (Å²) < 4.78 is 5.83. The molecular weight excluding hydrogens is 148 g/mol. The minimum atomic E-state index is 0.473. The van der Waals surface area contributed by atoms with Gasteiger partial charge in [0.1, 0.15) is 0 Å². The highest BCUT2D eigenvalue weighted by Gasteiger charge is 2.33. The molecule has 0 N–H and O–H groups in total. The van der Waals surface area contributed by atoms with Gasteiger partial charge < -0.3 is 4.74 Å². The molecule has 2 rings (SSSR count). The summed E-state index contributed by atoms with van der Waals surface area (Å²) in [5.41, 5.74) is 3.19. The molecule has 0 unspecified atom stereocenters. The molecule has 0 spiro atoms. The summed E-state index contributed by atoms with van der Waals surface area (Å²) in [6.45, 7) is 6.84. The Hall–Kier alpha value is -0.300. The van der Waals surface area contributed by atoms with Crippen LogP contribution in [-0.4, -0.2) is 12.2 Å². The zero-order valence-electron chi connectivity index (χ0n) is 8.26. The van der Waals surface area contributed by atoms with Crippen LogP contribution >= 0.6 is 0 Å². The Morgan fingerprint density at radius 1 is 1.33 bits per heavy atom. The second kappa shape index (κ2) is 2.88. The van der Waals surface area contributed by atoms with E-state index < -0.39 is 0 Å². The quantitative estimate of drug-likeness (QED) is 0.544. The van der Waals surface area contributed by atoms with E-state index in [0.29, 0.717) is 12.2 Å². The van der Waals surface area contributed by atoms with Gasteiger partial charge in [0.25, 0.3) is 0 Å². The Bertz CT molecular complexity index is 215. The molecule has 0 aromatic heterocycles. The average molecular weight is 166 g/mol. The molecule has 1 saturated heterocycles. The van der Waals surface area contributed by atoms with E-state index in [1.165, 1.54) is 24.8 Å². The summed E-state index contributed by atoms with van der Waals surface area (Å²) in [4.78, 5) is 0. The van der Waals surface area contributed by atoms with E-state index in [9.17, 15) is 0 Å². The van der Waals surface area contributed by atoms with E-state index in [0.717, 1.165) is 5.92 Å². The maximum absolute atomic E-state index is 5.83. The van der Waals surface area contributed by atoms with E-state index in [1.807, 2.05) is 0 Å². The van der Waals surface area contributed by atoms with Gasteiger partial charge >= 0.3 is 0 Å². The molecule has 2 atom stereocenters. The molecular formula is C11H18O. The van der Waals surface area contributed by atoms with Gasteiger partial charge in [-0.1, -0.05) is 19.4 Å². The van der Waals surface area contributed by atoms with Crippen molar-refractivity contribution in [2.75, 3.05) is 0 Å². The van der Waals surface area contributed by atoms with Crippen molar-refractivity contribution in [2.24, 2.45) is 5.92 Å². The maximum atomic E-state index is 5.83. The SMILES string of the molecule is CC1=C(C(C)C)C[C@H]2CC[C@@H]1O2. The monoisotopic (exact) mass is 166 g/mol. The van der Waals surface area contributed by atoms with E-state index in [-0.39, 0.29) is 0 Å². The summed E-state index contributed by atoms with van der Waals surface area (Å²) in [5.74, 6) is 0.719. The van der Waals surface area contributed by atoms with Gasteiger partial charge in [0.2, 0.25) is 0 Å². The number of hydrogen-bond donors (Lipinski definition) is 0. The summed E-state index contributed by atoms with van der Waals surface area (Å²) in [7, 11) is 0. The van der Waals surface area contributed by atoms with E-state index in [2.05, 4.69) is 20.8 Å². The molecule has 12 heavy (non-hydrogen) atoms. The highest BCUT2D eigenvalue weighted by molar-refractivity contribution is 5.23. The summed E-state index contributed by atoms with van der Waals surface area (Å²) in [6.07, 6.45) is 4.75. The number of ether oxygens (including phenoxy) is 1. The lowest BCUT2D eigenvalue weighted by atomic mass is 9.91. The molecule has 2 aliphatic rings. The fourth-order valence-electron chi connectivity index (χ4n) is 2.48. The van der Waals surface area contributed by atoms with E-state index >= 15 is 0 Å². The van der Waals surface area contributed by atoms with Crippen molar-refractivity contribution in [3.8, 4) is 0 Å². The second-order valence-electron chi connectivity index (χ2n) is 4.39. The van der Waals surface area contributed by atoms with Crippen LogP contribution in [-0.2, 0) is 4.74 Å². The van der Waals surface area contributed by atoms with Crippen LogP contribution in [0.15, 0.2) is 11.1 Å². The molecule has 2 aliphatic heterocycles. The van der Waals surface area contributed by atoms with Gasteiger partial charge in [0.05, 0.1) is 12.2 Å². The van der Waals surface area contributed by atoms with Gasteiger partial charge in [-0.3, -0.25) is 0 Å². The molecule has 2 bridgehead atoms. The molecule has 0 radical (unpaired) electrons. The normalized spacial score (nSPS) is 35.0. The Morgan fingerprint density at radius 3 is 2.75 bits per heavy atom. The smallest absolute Gasteiger partial charge is 0.0789 e. The molecule has 1 heteroatoms. The van der Waals surface area contributed by atoms with Crippen LogP contribution in [0.3, 0.4) is 0 Å². The Balaban J connectivity index is 2.26. The fourth-order valence-corrected chi connectivity index (χ4v) is 2.48. The average Bonchev–Trinajstić information content (AvgIpc) is 2.41. The zero-order chi connectivity index (χ0) is 8.72. The number of hydrogen-bond acceptors (Lipinski definition) is 1. The standard InChI is InChI=1S/C11H18O/c1-7(2)10-6-9-4-5-11(12-9)8(10)3/h7,9,11H,4-6H2,1-3H3/t9-,11+/m1/s1. The van der Waals surface area contributed by atoms with Crippen LogP contribution in [0.5, 0.6) is 0 Å². The topological polar surface area (TPSA) is 9.23 Å². The number of fused-ring (bicyclic) bond motifs is 2. The molecule has 0 aromatic rings. The summed E-state index contributed by atoms with van der Waals surface area (Å²) in [6, 6.07) is 0. The van der Waals surface area contributed by atoms with Crippen LogP contribution in [0.2, 0.25) is 0 Å².